The summed E-state index contributed by atoms with van der Waals surface area (Å²) in [6.07, 6.45) is 6.67. The molecule has 20 heavy (non-hydrogen) atoms. The topological polar surface area (TPSA) is 62.9 Å². The van der Waals surface area contributed by atoms with Crippen molar-refractivity contribution in [1.82, 2.24) is 10.2 Å². The van der Waals surface area contributed by atoms with E-state index in [1.807, 2.05) is 0 Å². The van der Waals surface area contributed by atoms with Crippen LogP contribution in [0.3, 0.4) is 0 Å². The Morgan fingerprint density at radius 2 is 2.05 bits per heavy atom. The molecule has 0 spiro atoms. The number of hydrogen-bond acceptors (Lipinski definition) is 3. The maximum Gasteiger partial charge on any atom is 0.188 e. The second-order valence-corrected chi connectivity index (χ2v) is 5.71. The highest BCUT2D eigenvalue weighted by Crippen LogP contribution is 2.26. The van der Waals surface area contributed by atoms with Crippen molar-refractivity contribution in [2.45, 2.75) is 38.1 Å². The molecule has 2 aliphatic carbocycles. The fourth-order valence-electron chi connectivity index (χ4n) is 2.41. The van der Waals surface area contributed by atoms with Crippen molar-refractivity contribution < 1.29 is 4.74 Å². The van der Waals surface area contributed by atoms with Gasteiger partial charge in [-0.05, 0) is 31.6 Å². The Morgan fingerprint density at radius 1 is 1.30 bits per heavy atom. The van der Waals surface area contributed by atoms with Gasteiger partial charge in [0.2, 0.25) is 0 Å². The van der Waals surface area contributed by atoms with E-state index in [9.17, 15) is 0 Å². The first-order chi connectivity index (χ1) is 9.29. The van der Waals surface area contributed by atoms with Crippen LogP contribution in [-0.2, 0) is 4.74 Å². The average molecular weight is 396 g/mol. The molecule has 0 saturated heterocycles. The highest BCUT2D eigenvalue weighted by atomic mass is 127. The van der Waals surface area contributed by atoms with Gasteiger partial charge in [0.1, 0.15) is 0 Å². The predicted molar refractivity (Wildman–Crippen MR) is 93.7 cm³/mol. The summed E-state index contributed by atoms with van der Waals surface area (Å²) in [5.74, 6) is 1.39. The fraction of sp³-hybridized carbons (Fsp3) is 0.929. The van der Waals surface area contributed by atoms with Gasteiger partial charge in [0.15, 0.2) is 5.96 Å². The van der Waals surface area contributed by atoms with E-state index in [0.29, 0.717) is 5.96 Å². The van der Waals surface area contributed by atoms with Crippen LogP contribution in [0.15, 0.2) is 4.99 Å². The molecule has 2 saturated carbocycles. The number of aliphatic imine (C=N–C) groups is 1. The van der Waals surface area contributed by atoms with Crippen molar-refractivity contribution in [1.29, 1.82) is 0 Å². The minimum Gasteiger partial charge on any atom is -0.383 e. The molecule has 0 heterocycles. The van der Waals surface area contributed by atoms with E-state index in [-0.39, 0.29) is 24.0 Å². The van der Waals surface area contributed by atoms with Gasteiger partial charge in [-0.2, -0.15) is 0 Å². The SMILES string of the molecule is COCCN(CCNC(N)=NCC1CCC1)C1CC1.I. The van der Waals surface area contributed by atoms with Crippen LogP contribution in [0.4, 0.5) is 0 Å². The van der Waals surface area contributed by atoms with Gasteiger partial charge < -0.3 is 15.8 Å². The van der Waals surface area contributed by atoms with Crippen LogP contribution in [0.1, 0.15) is 32.1 Å². The highest BCUT2D eigenvalue weighted by Gasteiger charge is 2.28. The molecule has 118 valence electrons. The summed E-state index contributed by atoms with van der Waals surface area (Å²) in [6, 6.07) is 0.769. The summed E-state index contributed by atoms with van der Waals surface area (Å²) >= 11 is 0. The quantitative estimate of drug-likeness (QED) is 0.352. The molecule has 0 bridgehead atoms. The lowest BCUT2D eigenvalue weighted by atomic mass is 9.86. The number of nitrogens with zero attached hydrogens (tertiary/aromatic N) is 2. The average Bonchev–Trinajstić information content (AvgIpc) is 3.15. The van der Waals surface area contributed by atoms with Crippen molar-refractivity contribution in [3.8, 4) is 0 Å². The smallest absolute Gasteiger partial charge is 0.188 e. The Balaban J connectivity index is 0.00000200. The first-order valence-corrected chi connectivity index (χ1v) is 7.56. The summed E-state index contributed by atoms with van der Waals surface area (Å²) in [5.41, 5.74) is 5.87. The Hall–Kier alpha value is -0.0800. The summed E-state index contributed by atoms with van der Waals surface area (Å²) in [5, 5.41) is 3.22. The zero-order valence-electron chi connectivity index (χ0n) is 12.5. The number of nitrogens with one attached hydrogen (secondary N) is 1. The summed E-state index contributed by atoms with van der Waals surface area (Å²) < 4.78 is 5.15. The fourth-order valence-corrected chi connectivity index (χ4v) is 2.41. The molecule has 6 heteroatoms. The van der Waals surface area contributed by atoms with E-state index in [4.69, 9.17) is 10.5 Å². The maximum absolute atomic E-state index is 5.87. The van der Waals surface area contributed by atoms with Gasteiger partial charge in [-0.15, -0.1) is 24.0 Å². The first kappa shape index (κ1) is 18.0. The number of nitrogens with two attached hydrogens (primary N) is 1. The summed E-state index contributed by atoms with van der Waals surface area (Å²) in [4.78, 5) is 6.89. The van der Waals surface area contributed by atoms with Crippen molar-refractivity contribution >= 4 is 29.9 Å². The van der Waals surface area contributed by atoms with Crippen LogP contribution in [-0.4, -0.2) is 56.8 Å². The van der Waals surface area contributed by atoms with Gasteiger partial charge in [0.05, 0.1) is 6.61 Å². The molecule has 0 radical (unpaired) electrons. The zero-order valence-corrected chi connectivity index (χ0v) is 14.8. The molecule has 0 atom stereocenters. The zero-order chi connectivity index (χ0) is 13.5. The van der Waals surface area contributed by atoms with Gasteiger partial charge in [-0.25, -0.2) is 0 Å². The van der Waals surface area contributed by atoms with E-state index >= 15 is 0 Å². The standard InChI is InChI=1S/C14H28N4O.HI/c1-19-10-9-18(13-5-6-13)8-7-16-14(15)17-11-12-3-2-4-12;/h12-13H,2-11H2,1H3,(H3,15,16,17);1H. The van der Waals surface area contributed by atoms with E-state index in [1.54, 1.807) is 7.11 Å². The van der Waals surface area contributed by atoms with Crippen LogP contribution in [0.5, 0.6) is 0 Å². The van der Waals surface area contributed by atoms with Crippen LogP contribution in [0, 0.1) is 5.92 Å². The minimum absolute atomic E-state index is 0. The predicted octanol–water partition coefficient (Wildman–Crippen LogP) is 1.42. The third-order valence-corrected chi connectivity index (χ3v) is 4.10. The molecule has 0 aromatic rings. The summed E-state index contributed by atoms with van der Waals surface area (Å²) in [7, 11) is 1.76. The lowest BCUT2D eigenvalue weighted by Gasteiger charge is -2.23. The Labute approximate surface area is 139 Å². The van der Waals surface area contributed by atoms with E-state index in [1.165, 1.54) is 32.1 Å². The van der Waals surface area contributed by atoms with Gasteiger partial charge in [0, 0.05) is 39.3 Å². The molecule has 0 aromatic heterocycles. The van der Waals surface area contributed by atoms with Crippen molar-refractivity contribution in [3.05, 3.63) is 0 Å². The second kappa shape index (κ2) is 9.78. The second-order valence-electron chi connectivity index (χ2n) is 5.71. The normalized spacial score (nSPS) is 19.6. The van der Waals surface area contributed by atoms with Crippen molar-refractivity contribution in [2.75, 3.05) is 39.9 Å². The van der Waals surface area contributed by atoms with Crippen LogP contribution < -0.4 is 11.1 Å². The van der Waals surface area contributed by atoms with Crippen molar-refractivity contribution in [2.24, 2.45) is 16.6 Å². The monoisotopic (exact) mass is 396 g/mol. The molecule has 2 fully saturated rings. The molecule has 0 unspecified atom stereocenters. The van der Waals surface area contributed by atoms with Crippen LogP contribution >= 0.6 is 24.0 Å². The molecule has 0 aromatic carbocycles. The Morgan fingerprint density at radius 3 is 2.60 bits per heavy atom. The molecule has 2 aliphatic rings. The van der Waals surface area contributed by atoms with E-state index in [0.717, 1.165) is 44.7 Å². The number of ether oxygens (including phenoxy) is 1. The van der Waals surface area contributed by atoms with Gasteiger partial charge >= 0.3 is 0 Å². The molecule has 0 aliphatic heterocycles. The number of halogens is 1. The van der Waals surface area contributed by atoms with Gasteiger partial charge in [-0.3, -0.25) is 9.89 Å². The molecule has 5 nitrogen and oxygen atoms in total. The lowest BCUT2D eigenvalue weighted by molar-refractivity contribution is 0.144. The largest absolute Gasteiger partial charge is 0.383 e. The molecule has 3 N–H and O–H groups in total. The molecule has 2 rings (SSSR count). The van der Waals surface area contributed by atoms with Crippen molar-refractivity contribution in [3.63, 3.8) is 0 Å². The molecule has 0 amide bonds. The van der Waals surface area contributed by atoms with Crippen LogP contribution in [0.2, 0.25) is 0 Å². The number of hydrogen-bond donors (Lipinski definition) is 2. The Kier molecular flexibility index (Phi) is 8.79. The minimum atomic E-state index is 0. The molecular weight excluding hydrogens is 367 g/mol. The van der Waals surface area contributed by atoms with Gasteiger partial charge in [0.25, 0.3) is 0 Å². The Bertz CT molecular complexity index is 293. The number of guanidine groups is 1. The molecular formula is C14H29IN4O. The van der Waals surface area contributed by atoms with Gasteiger partial charge in [-0.1, -0.05) is 6.42 Å². The number of rotatable bonds is 9. The first-order valence-electron chi connectivity index (χ1n) is 7.56. The van der Waals surface area contributed by atoms with E-state index < -0.39 is 0 Å². The van der Waals surface area contributed by atoms with Crippen LogP contribution in [0.25, 0.3) is 0 Å². The van der Waals surface area contributed by atoms with E-state index in [2.05, 4.69) is 15.2 Å². The third kappa shape index (κ3) is 6.58. The highest BCUT2D eigenvalue weighted by molar-refractivity contribution is 14.0. The summed E-state index contributed by atoms with van der Waals surface area (Å²) in [6.45, 7) is 4.62. The maximum atomic E-state index is 5.87. The number of methoxy groups -OCH3 is 1. The third-order valence-electron chi connectivity index (χ3n) is 4.10. The lowest BCUT2D eigenvalue weighted by Crippen LogP contribution is -2.40.